The Kier molecular flexibility index (Phi) is 6.65. The van der Waals surface area contributed by atoms with Gasteiger partial charge in [-0.15, -0.1) is 12.4 Å². The van der Waals surface area contributed by atoms with Gasteiger partial charge in [0.1, 0.15) is 16.3 Å². The zero-order valence-electron chi connectivity index (χ0n) is 16.0. The summed E-state index contributed by atoms with van der Waals surface area (Å²) >= 11 is 0. The number of methoxy groups -OCH3 is 1. The highest BCUT2D eigenvalue weighted by Crippen LogP contribution is 2.29. The number of benzene rings is 1. The second-order valence-corrected chi connectivity index (χ2v) is 9.26. The lowest BCUT2D eigenvalue weighted by Crippen LogP contribution is -2.45. The summed E-state index contributed by atoms with van der Waals surface area (Å²) in [5, 5.41) is 7.83. The Bertz CT molecular complexity index is 890. The van der Waals surface area contributed by atoms with Gasteiger partial charge >= 0.3 is 0 Å². The smallest absolute Gasteiger partial charge is 0.246 e. The molecule has 0 radical (unpaired) electrons. The van der Waals surface area contributed by atoms with Crippen molar-refractivity contribution in [3.8, 4) is 11.4 Å². The van der Waals surface area contributed by atoms with Crippen LogP contribution in [0.4, 0.5) is 0 Å². The number of aromatic nitrogens is 2. The molecule has 2 fully saturated rings. The van der Waals surface area contributed by atoms with Crippen LogP contribution in [0, 0.1) is 5.92 Å². The maximum atomic E-state index is 13.0. The van der Waals surface area contributed by atoms with Gasteiger partial charge in [0.15, 0.2) is 0 Å². The minimum Gasteiger partial charge on any atom is -0.494 e. The van der Waals surface area contributed by atoms with Crippen LogP contribution in [0.1, 0.15) is 25.7 Å². The van der Waals surface area contributed by atoms with Gasteiger partial charge in [0.25, 0.3) is 0 Å². The molecule has 7 nitrogen and oxygen atoms in total. The average Bonchev–Trinajstić information content (AvgIpc) is 3.39. The van der Waals surface area contributed by atoms with Crippen molar-refractivity contribution < 1.29 is 13.2 Å². The Morgan fingerprint density at radius 1 is 1.18 bits per heavy atom. The molecular formula is C19H27ClN4O3S. The first kappa shape index (κ1) is 21.1. The highest BCUT2D eigenvalue weighted by Gasteiger charge is 2.31. The van der Waals surface area contributed by atoms with E-state index in [-0.39, 0.29) is 17.3 Å². The highest BCUT2D eigenvalue weighted by molar-refractivity contribution is 7.89. The normalized spacial score (nSPS) is 18.6. The molecule has 0 unspecified atom stereocenters. The van der Waals surface area contributed by atoms with Crippen LogP contribution in [0.25, 0.3) is 5.69 Å². The molecular weight excluding hydrogens is 400 g/mol. The van der Waals surface area contributed by atoms with Crippen molar-refractivity contribution in [2.45, 2.75) is 36.6 Å². The van der Waals surface area contributed by atoms with Gasteiger partial charge in [-0.05, 0) is 50.3 Å². The highest BCUT2D eigenvalue weighted by atomic mass is 35.5. The van der Waals surface area contributed by atoms with Crippen molar-refractivity contribution in [2.24, 2.45) is 5.92 Å². The third-order valence-corrected chi connectivity index (χ3v) is 7.23. The number of hydrogen-bond donors (Lipinski definition) is 1. The van der Waals surface area contributed by atoms with Gasteiger partial charge in [-0.25, -0.2) is 13.1 Å². The minimum atomic E-state index is -3.53. The van der Waals surface area contributed by atoms with Crippen LogP contribution in [0.3, 0.4) is 0 Å². The maximum absolute atomic E-state index is 13.0. The molecule has 0 bridgehead atoms. The van der Waals surface area contributed by atoms with Crippen LogP contribution >= 0.6 is 12.4 Å². The van der Waals surface area contributed by atoms with Crippen LogP contribution < -0.4 is 10.1 Å². The Morgan fingerprint density at radius 2 is 1.89 bits per heavy atom. The summed E-state index contributed by atoms with van der Waals surface area (Å²) in [6.45, 7) is 2.16. The number of nitrogens with one attached hydrogen (secondary N) is 1. The molecule has 1 aromatic heterocycles. The van der Waals surface area contributed by atoms with Gasteiger partial charge < -0.3 is 10.1 Å². The molecule has 0 amide bonds. The molecule has 1 aliphatic carbocycles. The van der Waals surface area contributed by atoms with Crippen LogP contribution in [0.5, 0.6) is 5.75 Å². The maximum Gasteiger partial charge on any atom is 0.246 e. The molecule has 0 atom stereocenters. The Labute approximate surface area is 172 Å². The van der Waals surface area contributed by atoms with Gasteiger partial charge in [-0.1, -0.05) is 12.1 Å². The monoisotopic (exact) mass is 426 g/mol. The molecule has 28 heavy (non-hydrogen) atoms. The average molecular weight is 427 g/mol. The standard InChI is InChI=1S/C19H26N4O3S.ClH/c1-26-19-5-3-2-4-18(19)23-14-17(13-21-23)27(24,25)22-10-8-16(9-11-22)20-12-15-6-7-15;/h2-5,13-16,20H,6-12H2,1H3;1H. The number of sulfonamides is 1. The predicted molar refractivity (Wildman–Crippen MR) is 110 cm³/mol. The van der Waals surface area contributed by atoms with Gasteiger partial charge in [-0.3, -0.25) is 0 Å². The molecule has 1 aliphatic heterocycles. The summed E-state index contributed by atoms with van der Waals surface area (Å²) < 4.78 is 34.4. The van der Waals surface area contributed by atoms with E-state index in [0.717, 1.165) is 25.3 Å². The van der Waals surface area contributed by atoms with Gasteiger partial charge in [0, 0.05) is 19.1 Å². The first-order valence-electron chi connectivity index (χ1n) is 9.49. The molecule has 1 saturated carbocycles. The Morgan fingerprint density at radius 3 is 2.57 bits per heavy atom. The SMILES string of the molecule is COc1ccccc1-n1cc(S(=O)(=O)N2CCC(NCC3CC3)CC2)cn1.Cl. The van der Waals surface area contributed by atoms with E-state index in [9.17, 15) is 8.42 Å². The number of rotatable bonds is 7. The summed E-state index contributed by atoms with van der Waals surface area (Å²) in [5.74, 6) is 1.49. The van der Waals surface area contributed by atoms with E-state index in [1.165, 1.54) is 19.0 Å². The number of halogens is 1. The molecule has 2 aliphatic rings. The lowest BCUT2D eigenvalue weighted by Gasteiger charge is -2.31. The topological polar surface area (TPSA) is 76.5 Å². The van der Waals surface area contributed by atoms with Gasteiger partial charge in [-0.2, -0.15) is 9.40 Å². The van der Waals surface area contributed by atoms with Crippen LogP contribution in [0.2, 0.25) is 0 Å². The Balaban J connectivity index is 0.00000225. The summed E-state index contributed by atoms with van der Waals surface area (Å²) in [7, 11) is -1.95. The zero-order valence-corrected chi connectivity index (χ0v) is 17.6. The molecule has 2 aromatic rings. The van der Waals surface area contributed by atoms with E-state index < -0.39 is 10.0 Å². The van der Waals surface area contributed by atoms with Crippen molar-refractivity contribution in [1.82, 2.24) is 19.4 Å². The quantitative estimate of drug-likeness (QED) is 0.735. The summed E-state index contributed by atoms with van der Waals surface area (Å²) in [6, 6.07) is 7.83. The molecule has 4 rings (SSSR count). The van der Waals surface area contributed by atoms with Crippen LogP contribution in [-0.2, 0) is 10.0 Å². The third-order valence-electron chi connectivity index (χ3n) is 5.37. The fraction of sp³-hybridized carbons (Fsp3) is 0.526. The Hall–Kier alpha value is -1.61. The van der Waals surface area contributed by atoms with Crippen molar-refractivity contribution >= 4 is 22.4 Å². The fourth-order valence-electron chi connectivity index (χ4n) is 3.49. The van der Waals surface area contributed by atoms with Gasteiger partial charge in [0.05, 0.1) is 19.5 Å². The molecule has 1 aromatic carbocycles. The summed E-state index contributed by atoms with van der Waals surface area (Å²) in [6.07, 6.45) is 7.34. The molecule has 1 N–H and O–H groups in total. The second-order valence-electron chi connectivity index (χ2n) is 7.32. The van der Waals surface area contributed by atoms with E-state index in [0.29, 0.717) is 30.6 Å². The number of nitrogens with zero attached hydrogens (tertiary/aromatic N) is 3. The number of para-hydroxylation sites is 2. The molecule has 2 heterocycles. The lowest BCUT2D eigenvalue weighted by molar-refractivity contribution is 0.288. The van der Waals surface area contributed by atoms with E-state index in [1.54, 1.807) is 22.3 Å². The minimum absolute atomic E-state index is 0. The summed E-state index contributed by atoms with van der Waals surface area (Å²) in [4.78, 5) is 0.220. The largest absolute Gasteiger partial charge is 0.494 e. The van der Waals surface area contributed by atoms with Crippen molar-refractivity contribution in [3.63, 3.8) is 0 Å². The second kappa shape index (κ2) is 8.82. The van der Waals surface area contributed by atoms with Crippen molar-refractivity contribution in [2.75, 3.05) is 26.7 Å². The first-order valence-corrected chi connectivity index (χ1v) is 10.9. The molecule has 154 valence electrons. The van der Waals surface area contributed by atoms with E-state index >= 15 is 0 Å². The summed E-state index contributed by atoms with van der Waals surface area (Å²) in [5.41, 5.74) is 0.712. The van der Waals surface area contributed by atoms with E-state index in [1.807, 2.05) is 24.3 Å². The zero-order chi connectivity index (χ0) is 18.9. The number of ether oxygens (including phenoxy) is 1. The predicted octanol–water partition coefficient (Wildman–Crippen LogP) is 2.46. The fourth-order valence-corrected chi connectivity index (χ4v) is 4.90. The van der Waals surface area contributed by atoms with E-state index in [4.69, 9.17) is 4.74 Å². The molecule has 1 saturated heterocycles. The van der Waals surface area contributed by atoms with Crippen molar-refractivity contribution in [3.05, 3.63) is 36.7 Å². The third kappa shape index (κ3) is 4.51. The number of piperidine rings is 1. The van der Waals surface area contributed by atoms with Crippen LogP contribution in [-0.4, -0.2) is 55.3 Å². The molecule has 9 heteroatoms. The van der Waals surface area contributed by atoms with Gasteiger partial charge in [0.2, 0.25) is 10.0 Å². The molecule has 0 spiro atoms. The van der Waals surface area contributed by atoms with E-state index in [2.05, 4.69) is 10.4 Å². The van der Waals surface area contributed by atoms with Crippen LogP contribution in [0.15, 0.2) is 41.6 Å². The van der Waals surface area contributed by atoms with Crippen molar-refractivity contribution in [1.29, 1.82) is 0 Å². The lowest BCUT2D eigenvalue weighted by atomic mass is 10.1. The number of hydrogen-bond acceptors (Lipinski definition) is 5. The first-order chi connectivity index (χ1) is 13.1.